The molecule has 1 atom stereocenters. The van der Waals surface area contributed by atoms with Crippen LogP contribution in [0.1, 0.15) is 28.8 Å². The van der Waals surface area contributed by atoms with Crippen molar-refractivity contribution in [3.8, 4) is 0 Å². The van der Waals surface area contributed by atoms with Gasteiger partial charge in [0.1, 0.15) is 5.69 Å². The van der Waals surface area contributed by atoms with Crippen LogP contribution in [0, 0.1) is 17.0 Å². The molecule has 0 unspecified atom stereocenters. The Kier molecular flexibility index (Phi) is 7.43. The minimum atomic E-state index is -0.737. The quantitative estimate of drug-likeness (QED) is 0.194. The molecule has 1 aliphatic rings. The molecule has 0 spiro atoms. The summed E-state index contributed by atoms with van der Waals surface area (Å²) < 4.78 is 5.43. The molecule has 1 aliphatic heterocycles. The second-order valence-electron chi connectivity index (χ2n) is 7.02. The van der Waals surface area contributed by atoms with E-state index in [0.717, 1.165) is 24.6 Å². The Bertz CT molecular complexity index is 1100. The Morgan fingerprint density at radius 2 is 2.22 bits per heavy atom. The van der Waals surface area contributed by atoms with Gasteiger partial charge in [-0.3, -0.25) is 29.5 Å². The lowest BCUT2D eigenvalue weighted by atomic mass is 10.1. The Morgan fingerprint density at radius 1 is 1.44 bits per heavy atom. The van der Waals surface area contributed by atoms with Crippen molar-refractivity contribution in [2.24, 2.45) is 0 Å². The molecule has 32 heavy (non-hydrogen) atoms. The highest BCUT2D eigenvalue weighted by Gasteiger charge is 2.21. The van der Waals surface area contributed by atoms with Crippen LogP contribution < -0.4 is 21.9 Å². The molecule has 2 aromatic rings. The topological polar surface area (TPSA) is 182 Å². The van der Waals surface area contributed by atoms with Crippen LogP contribution in [0.25, 0.3) is 0 Å². The van der Waals surface area contributed by atoms with Crippen LogP contribution in [0.2, 0.25) is 0 Å². The average Bonchev–Trinajstić information content (AvgIpc) is 3.27. The molecule has 0 saturated carbocycles. The number of aromatic amines is 1. The lowest BCUT2D eigenvalue weighted by molar-refractivity contribution is -0.385. The number of rotatable bonds is 8. The average molecular weight is 462 g/mol. The number of thioether (sulfide) groups is 1. The normalized spacial score (nSPS) is 15.3. The first-order valence-corrected chi connectivity index (χ1v) is 10.7. The maximum atomic E-state index is 12.6. The number of aromatic nitrogens is 2. The van der Waals surface area contributed by atoms with E-state index in [1.54, 1.807) is 0 Å². The van der Waals surface area contributed by atoms with Crippen molar-refractivity contribution in [3.05, 3.63) is 49.8 Å². The number of hydrogen-bond acceptors (Lipinski definition) is 9. The Morgan fingerprint density at radius 3 is 2.88 bits per heavy atom. The lowest BCUT2D eigenvalue weighted by Crippen LogP contribution is -2.33. The molecular formula is C19H22N6O6S. The van der Waals surface area contributed by atoms with Gasteiger partial charge >= 0.3 is 0 Å². The molecular weight excluding hydrogens is 440 g/mol. The molecule has 1 fully saturated rings. The number of nitrogens with zero attached hydrogens (tertiary/aromatic N) is 2. The lowest BCUT2D eigenvalue weighted by Gasteiger charge is -2.11. The third-order valence-corrected chi connectivity index (χ3v) is 5.67. The first-order chi connectivity index (χ1) is 15.3. The van der Waals surface area contributed by atoms with Gasteiger partial charge in [0.2, 0.25) is 5.91 Å². The van der Waals surface area contributed by atoms with E-state index in [4.69, 9.17) is 10.5 Å². The van der Waals surface area contributed by atoms with E-state index >= 15 is 0 Å². The molecule has 5 N–H and O–H groups in total. The van der Waals surface area contributed by atoms with Gasteiger partial charge in [0.15, 0.2) is 11.0 Å². The van der Waals surface area contributed by atoms with E-state index in [1.165, 1.54) is 25.1 Å². The molecule has 0 radical (unpaired) electrons. The van der Waals surface area contributed by atoms with E-state index in [1.807, 2.05) is 0 Å². The van der Waals surface area contributed by atoms with E-state index in [0.29, 0.717) is 13.2 Å². The Hall–Kier alpha value is -3.45. The van der Waals surface area contributed by atoms with Gasteiger partial charge in [-0.25, -0.2) is 4.98 Å². The minimum Gasteiger partial charge on any atom is -0.382 e. The van der Waals surface area contributed by atoms with Crippen LogP contribution in [0.3, 0.4) is 0 Å². The number of carbonyl (C=O) groups is 2. The van der Waals surface area contributed by atoms with Crippen LogP contribution in [0.15, 0.2) is 28.2 Å². The zero-order valence-corrected chi connectivity index (χ0v) is 18.0. The van der Waals surface area contributed by atoms with Crippen molar-refractivity contribution in [3.63, 3.8) is 0 Å². The molecule has 1 aromatic carbocycles. The maximum absolute atomic E-state index is 12.6. The second kappa shape index (κ2) is 10.2. The van der Waals surface area contributed by atoms with Crippen molar-refractivity contribution in [1.82, 2.24) is 15.3 Å². The van der Waals surface area contributed by atoms with Gasteiger partial charge in [-0.2, -0.15) is 0 Å². The van der Waals surface area contributed by atoms with E-state index in [-0.39, 0.29) is 51.2 Å². The predicted molar refractivity (Wildman–Crippen MR) is 118 cm³/mol. The standard InChI is InChI=1S/C19H22N6O6S/c1-10-12(5-2-6-13(10)25(29)30)17(27)22-15-16(20)23-19(24-18(15)28)32-9-14(26)21-8-11-4-3-7-31-11/h2,5-6,11H,3-4,7-9H2,1H3,(H,21,26)(H,22,27)(H3,20,23,24,28)/t11-/m0/s1. The number of nitrogens with two attached hydrogens (primary N) is 1. The SMILES string of the molecule is Cc1c(C(=O)Nc2c(N)nc(SCC(=O)NC[C@@H]3CCCO3)[nH]c2=O)cccc1[N+](=O)[O-]. The fourth-order valence-electron chi connectivity index (χ4n) is 3.12. The molecule has 3 rings (SSSR count). The zero-order valence-electron chi connectivity index (χ0n) is 17.2. The number of nitro benzene ring substituents is 1. The van der Waals surface area contributed by atoms with Crippen LogP contribution in [-0.4, -0.2) is 51.7 Å². The molecule has 12 nitrogen and oxygen atoms in total. The molecule has 1 aromatic heterocycles. The fraction of sp³-hybridized carbons (Fsp3) is 0.368. The number of nitrogens with one attached hydrogen (secondary N) is 3. The molecule has 2 amide bonds. The van der Waals surface area contributed by atoms with Crippen molar-refractivity contribution < 1.29 is 19.2 Å². The number of carbonyl (C=O) groups excluding carboxylic acids is 2. The number of nitro groups is 1. The smallest absolute Gasteiger partial charge is 0.277 e. The predicted octanol–water partition coefficient (Wildman–Crippen LogP) is 1.21. The fourth-order valence-corrected chi connectivity index (χ4v) is 3.82. The van der Waals surface area contributed by atoms with Crippen LogP contribution in [-0.2, 0) is 9.53 Å². The highest BCUT2D eigenvalue weighted by atomic mass is 32.2. The summed E-state index contributed by atoms with van der Waals surface area (Å²) in [4.78, 5) is 53.9. The van der Waals surface area contributed by atoms with Gasteiger partial charge in [0, 0.05) is 30.3 Å². The molecule has 0 bridgehead atoms. The highest BCUT2D eigenvalue weighted by molar-refractivity contribution is 7.99. The van der Waals surface area contributed by atoms with E-state index < -0.39 is 16.4 Å². The maximum Gasteiger partial charge on any atom is 0.277 e. The van der Waals surface area contributed by atoms with Gasteiger partial charge in [-0.05, 0) is 25.8 Å². The minimum absolute atomic E-state index is 0.00762. The van der Waals surface area contributed by atoms with Crippen LogP contribution in [0.4, 0.5) is 17.2 Å². The largest absolute Gasteiger partial charge is 0.382 e. The number of anilines is 2. The summed E-state index contributed by atoms with van der Waals surface area (Å²) in [5, 5.41) is 16.3. The molecule has 2 heterocycles. The number of H-pyrrole nitrogens is 1. The van der Waals surface area contributed by atoms with Crippen LogP contribution >= 0.6 is 11.8 Å². The summed E-state index contributed by atoms with van der Waals surface area (Å²) >= 11 is 0.984. The van der Waals surface area contributed by atoms with Crippen molar-refractivity contribution in [1.29, 1.82) is 0 Å². The second-order valence-corrected chi connectivity index (χ2v) is 7.98. The summed E-state index contributed by atoms with van der Waals surface area (Å²) in [6.07, 6.45) is 1.90. The van der Waals surface area contributed by atoms with E-state index in [9.17, 15) is 24.5 Å². The van der Waals surface area contributed by atoms with Gasteiger partial charge in [-0.1, -0.05) is 17.8 Å². The zero-order chi connectivity index (χ0) is 23.3. The number of nitrogen functional groups attached to an aromatic ring is 1. The molecule has 1 saturated heterocycles. The Labute approximate surface area is 186 Å². The van der Waals surface area contributed by atoms with Gasteiger partial charge in [0.05, 0.1) is 16.8 Å². The third-order valence-electron chi connectivity index (χ3n) is 4.80. The van der Waals surface area contributed by atoms with Crippen molar-refractivity contribution >= 4 is 40.8 Å². The highest BCUT2D eigenvalue weighted by Crippen LogP contribution is 2.23. The summed E-state index contributed by atoms with van der Waals surface area (Å²) in [6, 6.07) is 4.04. The van der Waals surface area contributed by atoms with Crippen LogP contribution in [0.5, 0.6) is 0 Å². The van der Waals surface area contributed by atoms with Gasteiger partial charge in [0.25, 0.3) is 17.2 Å². The summed E-state index contributed by atoms with van der Waals surface area (Å²) in [5.41, 5.74) is 4.79. The van der Waals surface area contributed by atoms with Gasteiger partial charge in [-0.15, -0.1) is 0 Å². The third kappa shape index (κ3) is 5.62. The van der Waals surface area contributed by atoms with Gasteiger partial charge < -0.3 is 21.1 Å². The molecule has 13 heteroatoms. The molecule has 170 valence electrons. The monoisotopic (exact) mass is 462 g/mol. The number of benzene rings is 1. The first kappa shape index (κ1) is 23.2. The van der Waals surface area contributed by atoms with E-state index in [2.05, 4.69) is 20.6 Å². The summed E-state index contributed by atoms with van der Waals surface area (Å²) in [7, 11) is 0. The first-order valence-electron chi connectivity index (χ1n) is 9.72. The number of ether oxygens (including phenoxy) is 1. The summed E-state index contributed by atoms with van der Waals surface area (Å²) in [5.74, 6) is -1.22. The number of amides is 2. The molecule has 0 aliphatic carbocycles. The van der Waals surface area contributed by atoms with Crippen molar-refractivity contribution in [2.75, 3.05) is 30.0 Å². The van der Waals surface area contributed by atoms with Crippen molar-refractivity contribution in [2.45, 2.75) is 31.0 Å². The Balaban J connectivity index is 1.64. The summed E-state index contributed by atoms with van der Waals surface area (Å²) in [6.45, 7) is 2.55. The number of hydrogen-bond donors (Lipinski definition) is 4.